The second-order valence-corrected chi connectivity index (χ2v) is 3.78. The van der Waals surface area contributed by atoms with Gasteiger partial charge in [0.15, 0.2) is 0 Å². The molecule has 1 aromatic rings. The van der Waals surface area contributed by atoms with E-state index in [0.29, 0.717) is 5.89 Å². The molecule has 0 spiro atoms. The number of nitrogens with zero attached hydrogens (tertiary/aromatic N) is 2. The van der Waals surface area contributed by atoms with Crippen molar-refractivity contribution in [3.8, 4) is 0 Å². The fourth-order valence-corrected chi connectivity index (χ4v) is 1.60. The number of aryl methyl sites for hydroxylation is 1. The molecule has 84 valence electrons. The SMILES string of the molecule is Cc1nnc(NC2CC(O)(C(F)F)C2)o1. The number of aliphatic hydroxyl groups is 1. The number of hydrogen-bond acceptors (Lipinski definition) is 5. The van der Waals surface area contributed by atoms with E-state index in [0.717, 1.165) is 0 Å². The first kappa shape index (κ1) is 10.3. The summed E-state index contributed by atoms with van der Waals surface area (Å²) < 4.78 is 29.5. The lowest BCUT2D eigenvalue weighted by Gasteiger charge is -2.42. The van der Waals surface area contributed by atoms with E-state index >= 15 is 0 Å². The highest BCUT2D eigenvalue weighted by atomic mass is 19.3. The van der Waals surface area contributed by atoms with Crippen LogP contribution in [-0.4, -0.2) is 33.4 Å². The number of rotatable bonds is 3. The van der Waals surface area contributed by atoms with Gasteiger partial charge in [-0.15, -0.1) is 5.10 Å². The van der Waals surface area contributed by atoms with E-state index in [4.69, 9.17) is 4.42 Å². The topological polar surface area (TPSA) is 71.2 Å². The summed E-state index contributed by atoms with van der Waals surface area (Å²) in [5.74, 6) is 0.404. The van der Waals surface area contributed by atoms with Crippen LogP contribution in [0.1, 0.15) is 18.7 Å². The van der Waals surface area contributed by atoms with Gasteiger partial charge in [0.2, 0.25) is 5.89 Å². The molecule has 0 bridgehead atoms. The van der Waals surface area contributed by atoms with Crippen LogP contribution in [0.25, 0.3) is 0 Å². The van der Waals surface area contributed by atoms with Crippen molar-refractivity contribution in [3.63, 3.8) is 0 Å². The molecule has 0 aliphatic heterocycles. The van der Waals surface area contributed by atoms with Gasteiger partial charge >= 0.3 is 6.01 Å². The summed E-state index contributed by atoms with van der Waals surface area (Å²) >= 11 is 0. The van der Waals surface area contributed by atoms with Crippen molar-refractivity contribution in [1.29, 1.82) is 0 Å². The smallest absolute Gasteiger partial charge is 0.315 e. The Morgan fingerprint density at radius 2 is 2.20 bits per heavy atom. The lowest BCUT2D eigenvalue weighted by molar-refractivity contribution is -0.148. The first-order chi connectivity index (χ1) is 6.99. The highest BCUT2D eigenvalue weighted by molar-refractivity contribution is 5.23. The Bertz CT molecular complexity index is 349. The van der Waals surface area contributed by atoms with Crippen LogP contribution in [0.2, 0.25) is 0 Å². The van der Waals surface area contributed by atoms with E-state index in [9.17, 15) is 13.9 Å². The van der Waals surface area contributed by atoms with Crippen LogP contribution in [-0.2, 0) is 0 Å². The summed E-state index contributed by atoms with van der Waals surface area (Å²) in [6, 6.07) is -0.0299. The van der Waals surface area contributed by atoms with Crippen LogP contribution in [0.3, 0.4) is 0 Å². The Balaban J connectivity index is 1.86. The summed E-state index contributed by atoms with van der Waals surface area (Å²) in [5.41, 5.74) is -1.85. The zero-order valence-corrected chi connectivity index (χ0v) is 8.07. The van der Waals surface area contributed by atoms with Crippen molar-refractivity contribution in [2.45, 2.75) is 37.8 Å². The first-order valence-electron chi connectivity index (χ1n) is 4.57. The Morgan fingerprint density at radius 3 is 2.67 bits per heavy atom. The number of halogens is 2. The van der Waals surface area contributed by atoms with Crippen LogP contribution in [0.15, 0.2) is 4.42 Å². The Kier molecular flexibility index (Phi) is 2.34. The molecule has 7 heteroatoms. The van der Waals surface area contributed by atoms with Crippen LogP contribution in [0.5, 0.6) is 0 Å². The van der Waals surface area contributed by atoms with Crippen molar-refractivity contribution in [1.82, 2.24) is 10.2 Å². The quantitative estimate of drug-likeness (QED) is 0.791. The average molecular weight is 219 g/mol. The van der Waals surface area contributed by atoms with Crippen LogP contribution in [0.4, 0.5) is 14.8 Å². The molecule has 1 heterocycles. The number of aromatic nitrogens is 2. The molecule has 1 fully saturated rings. The van der Waals surface area contributed by atoms with Gasteiger partial charge in [-0.1, -0.05) is 5.10 Å². The van der Waals surface area contributed by atoms with Gasteiger partial charge in [0.1, 0.15) is 5.60 Å². The normalized spacial score (nSPS) is 30.3. The van der Waals surface area contributed by atoms with Gasteiger partial charge in [0.25, 0.3) is 6.43 Å². The highest BCUT2D eigenvalue weighted by Crippen LogP contribution is 2.38. The fourth-order valence-electron chi connectivity index (χ4n) is 1.60. The summed E-state index contributed by atoms with van der Waals surface area (Å²) in [5, 5.41) is 19.3. The maximum Gasteiger partial charge on any atom is 0.315 e. The molecule has 0 atom stereocenters. The van der Waals surface area contributed by atoms with Gasteiger partial charge in [-0.05, 0) is 0 Å². The lowest BCUT2D eigenvalue weighted by Crippen LogP contribution is -2.55. The lowest BCUT2D eigenvalue weighted by atomic mass is 9.76. The molecule has 2 rings (SSSR count). The van der Waals surface area contributed by atoms with Crippen molar-refractivity contribution >= 4 is 6.01 Å². The summed E-state index contributed by atoms with van der Waals surface area (Å²) in [4.78, 5) is 0. The van der Waals surface area contributed by atoms with Gasteiger partial charge in [-0.2, -0.15) is 0 Å². The summed E-state index contributed by atoms with van der Waals surface area (Å²) in [6.07, 6.45) is -2.72. The minimum Gasteiger partial charge on any atom is -0.408 e. The van der Waals surface area contributed by atoms with Gasteiger partial charge < -0.3 is 14.8 Å². The second-order valence-electron chi connectivity index (χ2n) is 3.78. The minimum atomic E-state index is -2.71. The zero-order chi connectivity index (χ0) is 11.1. The largest absolute Gasteiger partial charge is 0.408 e. The molecular weight excluding hydrogens is 208 g/mol. The van der Waals surface area contributed by atoms with Crippen molar-refractivity contribution in [2.75, 3.05) is 5.32 Å². The van der Waals surface area contributed by atoms with Gasteiger partial charge in [0, 0.05) is 25.8 Å². The van der Waals surface area contributed by atoms with E-state index in [1.165, 1.54) is 0 Å². The maximum atomic E-state index is 12.3. The molecule has 5 nitrogen and oxygen atoms in total. The molecule has 1 aromatic heterocycles. The Labute approximate surface area is 84.5 Å². The number of alkyl halides is 2. The van der Waals surface area contributed by atoms with Gasteiger partial charge in [-0.3, -0.25) is 0 Å². The summed E-state index contributed by atoms with van der Waals surface area (Å²) in [6.45, 7) is 1.63. The maximum absolute atomic E-state index is 12.3. The monoisotopic (exact) mass is 219 g/mol. The molecule has 15 heavy (non-hydrogen) atoms. The van der Waals surface area contributed by atoms with Gasteiger partial charge in [0.05, 0.1) is 0 Å². The van der Waals surface area contributed by atoms with Crippen molar-refractivity contribution in [3.05, 3.63) is 5.89 Å². The van der Waals surface area contributed by atoms with Crippen LogP contribution < -0.4 is 5.32 Å². The van der Waals surface area contributed by atoms with E-state index < -0.39 is 12.0 Å². The Morgan fingerprint density at radius 1 is 1.53 bits per heavy atom. The standard InChI is InChI=1S/C8H11F2N3O2/c1-4-12-13-7(15-4)11-5-2-8(14,3-5)6(9)10/h5-6,14H,2-3H2,1H3,(H,11,13). The predicted molar refractivity (Wildman–Crippen MR) is 46.6 cm³/mol. The number of hydrogen-bond donors (Lipinski definition) is 2. The molecule has 1 aliphatic carbocycles. The molecule has 0 radical (unpaired) electrons. The third kappa shape index (κ3) is 1.92. The third-order valence-corrected chi connectivity index (χ3v) is 2.46. The molecule has 1 aliphatic rings. The van der Waals surface area contributed by atoms with Crippen LogP contribution >= 0.6 is 0 Å². The molecule has 0 amide bonds. The van der Waals surface area contributed by atoms with E-state index in [-0.39, 0.29) is 24.9 Å². The van der Waals surface area contributed by atoms with E-state index in [2.05, 4.69) is 15.5 Å². The average Bonchev–Trinajstić information content (AvgIpc) is 2.48. The molecule has 1 saturated carbocycles. The number of nitrogens with one attached hydrogen (secondary N) is 1. The highest BCUT2D eigenvalue weighted by Gasteiger charge is 2.50. The summed E-state index contributed by atoms with van der Waals surface area (Å²) in [7, 11) is 0. The first-order valence-corrected chi connectivity index (χ1v) is 4.57. The molecule has 0 unspecified atom stereocenters. The van der Waals surface area contributed by atoms with Crippen LogP contribution in [0, 0.1) is 6.92 Å². The molecular formula is C8H11F2N3O2. The molecule has 0 aromatic carbocycles. The Hall–Kier alpha value is -1.24. The van der Waals surface area contributed by atoms with Gasteiger partial charge in [-0.25, -0.2) is 8.78 Å². The zero-order valence-electron chi connectivity index (χ0n) is 8.07. The fraction of sp³-hybridized carbons (Fsp3) is 0.750. The second kappa shape index (κ2) is 3.41. The van der Waals surface area contributed by atoms with Crippen molar-refractivity contribution < 1.29 is 18.3 Å². The van der Waals surface area contributed by atoms with E-state index in [1.807, 2.05) is 0 Å². The van der Waals surface area contributed by atoms with E-state index in [1.54, 1.807) is 6.92 Å². The third-order valence-electron chi connectivity index (χ3n) is 2.46. The molecule has 2 N–H and O–H groups in total. The van der Waals surface area contributed by atoms with Crippen molar-refractivity contribution in [2.24, 2.45) is 0 Å². The minimum absolute atomic E-state index is 0.00784. The number of anilines is 1. The predicted octanol–water partition coefficient (Wildman–Crippen LogP) is 0.949. The molecule has 0 saturated heterocycles.